The minimum atomic E-state index is 0.948. The van der Waals surface area contributed by atoms with Gasteiger partial charge in [0.05, 0.1) is 6.20 Å². The number of nitrogens with zero attached hydrogens (tertiary/aromatic N) is 2. The van der Waals surface area contributed by atoms with Crippen LogP contribution >= 0.6 is 11.8 Å². The molecule has 0 atom stereocenters. The molecule has 90 valence electrons. The molecular weight excluding hydrogens is 218 g/mol. The summed E-state index contributed by atoms with van der Waals surface area (Å²) in [4.78, 5) is 1.27. The van der Waals surface area contributed by atoms with Crippen LogP contribution in [0.3, 0.4) is 0 Å². The van der Waals surface area contributed by atoms with Gasteiger partial charge in [-0.2, -0.15) is 5.10 Å². The summed E-state index contributed by atoms with van der Waals surface area (Å²) in [6.07, 6.45) is 9.75. The van der Waals surface area contributed by atoms with Crippen LogP contribution in [0.4, 0.5) is 0 Å². The van der Waals surface area contributed by atoms with E-state index in [2.05, 4.69) is 16.6 Å². The van der Waals surface area contributed by atoms with Crippen molar-refractivity contribution in [1.29, 1.82) is 0 Å². The van der Waals surface area contributed by atoms with E-state index in [1.54, 1.807) is 0 Å². The molecule has 16 heavy (non-hydrogen) atoms. The van der Waals surface area contributed by atoms with Gasteiger partial charge in [0.1, 0.15) is 0 Å². The highest BCUT2D eigenvalue weighted by molar-refractivity contribution is 7.99. The second-order valence-corrected chi connectivity index (χ2v) is 5.72. The Hall–Kier alpha value is -0.480. The molecule has 0 amide bonds. The van der Waals surface area contributed by atoms with Crippen molar-refractivity contribution in [2.45, 2.75) is 30.6 Å². The Labute approximate surface area is 102 Å². The van der Waals surface area contributed by atoms with Crippen molar-refractivity contribution in [2.75, 3.05) is 18.8 Å². The molecule has 0 unspecified atom stereocenters. The van der Waals surface area contributed by atoms with Crippen molar-refractivity contribution in [3.05, 3.63) is 12.4 Å². The topological polar surface area (TPSA) is 29.9 Å². The molecule has 1 aliphatic rings. The van der Waals surface area contributed by atoms with E-state index in [1.807, 2.05) is 29.7 Å². The van der Waals surface area contributed by atoms with E-state index in [-0.39, 0.29) is 0 Å². The monoisotopic (exact) mass is 239 g/mol. The van der Waals surface area contributed by atoms with Crippen LogP contribution in [-0.2, 0) is 7.05 Å². The molecule has 0 aliphatic heterocycles. The Balaban J connectivity index is 1.51. The number of thioether (sulfide) groups is 1. The first kappa shape index (κ1) is 12.0. The highest BCUT2D eigenvalue weighted by Gasteiger charge is 2.13. The molecule has 1 fully saturated rings. The first-order valence-corrected chi connectivity index (χ1v) is 7.15. The molecule has 1 aromatic rings. The lowest BCUT2D eigenvalue weighted by atomic mass is 10.1. The molecule has 1 heterocycles. The molecule has 3 nitrogen and oxygen atoms in total. The summed E-state index contributed by atoms with van der Waals surface area (Å²) in [6, 6.07) is 0. The van der Waals surface area contributed by atoms with Crippen LogP contribution in [0.25, 0.3) is 0 Å². The number of aromatic nitrogens is 2. The van der Waals surface area contributed by atoms with Gasteiger partial charge in [-0.15, -0.1) is 11.8 Å². The Morgan fingerprint density at radius 3 is 3.00 bits per heavy atom. The second-order valence-electron chi connectivity index (χ2n) is 4.55. The minimum absolute atomic E-state index is 0.948. The number of rotatable bonds is 6. The van der Waals surface area contributed by atoms with E-state index < -0.39 is 0 Å². The maximum atomic E-state index is 4.15. The van der Waals surface area contributed by atoms with E-state index in [9.17, 15) is 0 Å². The fourth-order valence-electron chi connectivity index (χ4n) is 2.24. The highest BCUT2D eigenvalue weighted by atomic mass is 32.2. The minimum Gasteiger partial charge on any atom is -0.316 e. The third-order valence-electron chi connectivity index (χ3n) is 3.14. The van der Waals surface area contributed by atoms with Gasteiger partial charge >= 0.3 is 0 Å². The Bertz CT molecular complexity index is 305. The van der Waals surface area contributed by atoms with Gasteiger partial charge in [0.25, 0.3) is 0 Å². The van der Waals surface area contributed by atoms with Crippen LogP contribution in [0.5, 0.6) is 0 Å². The zero-order valence-electron chi connectivity index (χ0n) is 9.98. The van der Waals surface area contributed by atoms with Crippen molar-refractivity contribution in [2.24, 2.45) is 13.0 Å². The zero-order valence-corrected chi connectivity index (χ0v) is 10.8. The van der Waals surface area contributed by atoms with Crippen LogP contribution < -0.4 is 5.32 Å². The van der Waals surface area contributed by atoms with Gasteiger partial charge in [0.2, 0.25) is 0 Å². The standard InChI is InChI=1S/C12H21N3S/c1-15-10-12(9-14-15)16-7-6-13-8-11-4-2-3-5-11/h9-11,13H,2-8H2,1H3. The van der Waals surface area contributed by atoms with Crippen molar-refractivity contribution in [3.8, 4) is 0 Å². The third kappa shape index (κ3) is 3.83. The van der Waals surface area contributed by atoms with Crippen molar-refractivity contribution in [1.82, 2.24) is 15.1 Å². The maximum absolute atomic E-state index is 4.15. The molecule has 0 radical (unpaired) electrons. The summed E-state index contributed by atoms with van der Waals surface area (Å²) in [7, 11) is 1.96. The molecule has 0 spiro atoms. The van der Waals surface area contributed by atoms with Gasteiger partial charge in [0, 0.05) is 30.4 Å². The summed E-state index contributed by atoms with van der Waals surface area (Å²) >= 11 is 1.88. The van der Waals surface area contributed by atoms with E-state index >= 15 is 0 Å². The number of nitrogens with one attached hydrogen (secondary N) is 1. The highest BCUT2D eigenvalue weighted by Crippen LogP contribution is 2.23. The van der Waals surface area contributed by atoms with Crippen molar-refractivity contribution >= 4 is 11.8 Å². The first-order chi connectivity index (χ1) is 7.84. The summed E-state index contributed by atoms with van der Waals surface area (Å²) < 4.78 is 1.86. The summed E-state index contributed by atoms with van der Waals surface area (Å²) in [5, 5.41) is 7.71. The summed E-state index contributed by atoms with van der Waals surface area (Å²) in [5.41, 5.74) is 0. The van der Waals surface area contributed by atoms with Gasteiger partial charge in [-0.05, 0) is 25.3 Å². The lowest BCUT2D eigenvalue weighted by Crippen LogP contribution is -2.23. The Kier molecular flexibility index (Phi) is 4.72. The first-order valence-electron chi connectivity index (χ1n) is 6.17. The maximum Gasteiger partial charge on any atom is 0.0625 e. The Morgan fingerprint density at radius 2 is 2.31 bits per heavy atom. The van der Waals surface area contributed by atoms with E-state index in [4.69, 9.17) is 0 Å². The molecule has 1 aromatic heterocycles. The molecule has 1 saturated carbocycles. The van der Waals surface area contributed by atoms with E-state index in [0.29, 0.717) is 0 Å². The SMILES string of the molecule is Cn1cc(SCCNCC2CCCC2)cn1. The van der Waals surface area contributed by atoms with Crippen LogP contribution in [0.15, 0.2) is 17.3 Å². The van der Waals surface area contributed by atoms with Gasteiger partial charge < -0.3 is 5.32 Å². The lowest BCUT2D eigenvalue weighted by molar-refractivity contribution is 0.500. The number of aryl methyl sites for hydroxylation is 1. The normalized spacial score (nSPS) is 17.1. The molecular formula is C12H21N3S. The summed E-state index contributed by atoms with van der Waals surface area (Å²) in [5.74, 6) is 2.08. The van der Waals surface area contributed by atoms with Gasteiger partial charge in [-0.3, -0.25) is 4.68 Å². The van der Waals surface area contributed by atoms with E-state index in [1.165, 1.54) is 37.1 Å². The molecule has 1 aliphatic carbocycles. The largest absolute Gasteiger partial charge is 0.316 e. The van der Waals surface area contributed by atoms with Gasteiger partial charge in [-0.1, -0.05) is 12.8 Å². The molecule has 4 heteroatoms. The van der Waals surface area contributed by atoms with Crippen molar-refractivity contribution < 1.29 is 0 Å². The van der Waals surface area contributed by atoms with Gasteiger partial charge in [0.15, 0.2) is 0 Å². The van der Waals surface area contributed by atoms with E-state index in [0.717, 1.165) is 18.2 Å². The zero-order chi connectivity index (χ0) is 11.2. The smallest absolute Gasteiger partial charge is 0.0625 e. The lowest BCUT2D eigenvalue weighted by Gasteiger charge is -2.09. The Morgan fingerprint density at radius 1 is 1.50 bits per heavy atom. The second kappa shape index (κ2) is 6.30. The number of hydrogen-bond donors (Lipinski definition) is 1. The van der Waals surface area contributed by atoms with Crippen LogP contribution in [0, 0.1) is 5.92 Å². The van der Waals surface area contributed by atoms with Crippen LogP contribution in [0.2, 0.25) is 0 Å². The third-order valence-corrected chi connectivity index (χ3v) is 4.09. The molecule has 1 N–H and O–H groups in total. The average Bonchev–Trinajstić information content (AvgIpc) is 2.89. The molecule has 0 saturated heterocycles. The van der Waals surface area contributed by atoms with Crippen molar-refractivity contribution in [3.63, 3.8) is 0 Å². The quantitative estimate of drug-likeness (QED) is 0.610. The summed E-state index contributed by atoms with van der Waals surface area (Å²) in [6.45, 7) is 2.32. The average molecular weight is 239 g/mol. The fraction of sp³-hybridized carbons (Fsp3) is 0.750. The molecule has 0 bridgehead atoms. The predicted octanol–water partition coefficient (Wildman–Crippen LogP) is 2.29. The van der Waals surface area contributed by atoms with Crippen LogP contribution in [-0.4, -0.2) is 28.6 Å². The van der Waals surface area contributed by atoms with Crippen LogP contribution in [0.1, 0.15) is 25.7 Å². The number of hydrogen-bond acceptors (Lipinski definition) is 3. The molecule has 0 aromatic carbocycles. The van der Waals surface area contributed by atoms with Gasteiger partial charge in [-0.25, -0.2) is 0 Å². The predicted molar refractivity (Wildman–Crippen MR) is 68.8 cm³/mol. The fourth-order valence-corrected chi connectivity index (χ4v) is 3.07. The molecule has 2 rings (SSSR count).